The van der Waals surface area contributed by atoms with Crippen LogP contribution >= 0.6 is 0 Å². The van der Waals surface area contributed by atoms with E-state index in [1.165, 1.54) is 0 Å². The lowest BCUT2D eigenvalue weighted by Crippen LogP contribution is -1.94. The molecule has 0 aliphatic heterocycles. The number of nitrogen functional groups attached to an aromatic ring is 1. The first-order valence-corrected chi connectivity index (χ1v) is 3.86. The van der Waals surface area contributed by atoms with Gasteiger partial charge in [0, 0.05) is 12.4 Å². The van der Waals surface area contributed by atoms with Crippen molar-refractivity contribution in [2.75, 3.05) is 5.73 Å². The summed E-state index contributed by atoms with van der Waals surface area (Å²) >= 11 is 0. The van der Waals surface area contributed by atoms with E-state index in [2.05, 4.69) is 15.0 Å². The molecular weight excluding hydrogens is 164 g/mol. The summed E-state index contributed by atoms with van der Waals surface area (Å²) in [6.45, 7) is 0. The lowest BCUT2D eigenvalue weighted by Gasteiger charge is -1.98. The minimum Gasteiger partial charge on any atom is -0.384 e. The quantitative estimate of drug-likeness (QED) is 0.700. The standard InChI is InChI=1S/C9H8N4/c10-8-4-1-3-7(13-8)9-11-5-2-6-12-9/h1-6H,(H2,10,13). The van der Waals surface area contributed by atoms with E-state index in [0.717, 1.165) is 0 Å². The third-order valence-corrected chi connectivity index (χ3v) is 1.57. The molecule has 0 saturated heterocycles. The molecule has 4 heteroatoms. The minimum absolute atomic E-state index is 0.477. The Morgan fingerprint density at radius 2 is 1.77 bits per heavy atom. The second-order valence-electron chi connectivity index (χ2n) is 2.52. The van der Waals surface area contributed by atoms with E-state index in [-0.39, 0.29) is 0 Å². The van der Waals surface area contributed by atoms with Gasteiger partial charge in [0.15, 0.2) is 5.82 Å². The summed E-state index contributed by atoms with van der Waals surface area (Å²) in [5.41, 5.74) is 6.22. The number of nitrogens with zero attached hydrogens (tertiary/aromatic N) is 3. The van der Waals surface area contributed by atoms with Crippen LogP contribution in [0.4, 0.5) is 5.82 Å². The van der Waals surface area contributed by atoms with Crippen molar-refractivity contribution < 1.29 is 0 Å². The Bertz CT molecular complexity index is 399. The van der Waals surface area contributed by atoms with Crippen LogP contribution in [0.3, 0.4) is 0 Å². The maximum atomic E-state index is 5.53. The van der Waals surface area contributed by atoms with Gasteiger partial charge >= 0.3 is 0 Å². The lowest BCUT2D eigenvalue weighted by molar-refractivity contribution is 1.14. The molecule has 0 unspecified atom stereocenters. The van der Waals surface area contributed by atoms with E-state index >= 15 is 0 Å². The zero-order valence-electron chi connectivity index (χ0n) is 6.88. The smallest absolute Gasteiger partial charge is 0.178 e. The largest absolute Gasteiger partial charge is 0.384 e. The van der Waals surface area contributed by atoms with Crippen molar-refractivity contribution in [2.45, 2.75) is 0 Å². The molecule has 0 fully saturated rings. The van der Waals surface area contributed by atoms with E-state index in [4.69, 9.17) is 5.73 Å². The zero-order chi connectivity index (χ0) is 9.10. The van der Waals surface area contributed by atoms with Gasteiger partial charge in [-0.05, 0) is 18.2 Å². The highest BCUT2D eigenvalue weighted by atomic mass is 14.9. The van der Waals surface area contributed by atoms with E-state index < -0.39 is 0 Å². The van der Waals surface area contributed by atoms with Crippen molar-refractivity contribution in [3.8, 4) is 11.5 Å². The molecule has 0 amide bonds. The van der Waals surface area contributed by atoms with Crippen LogP contribution in [0.1, 0.15) is 0 Å². The number of hydrogen-bond donors (Lipinski definition) is 1. The van der Waals surface area contributed by atoms with Crippen LogP contribution in [0, 0.1) is 0 Å². The lowest BCUT2D eigenvalue weighted by atomic mass is 10.3. The summed E-state index contributed by atoms with van der Waals surface area (Å²) in [6.07, 6.45) is 3.35. The molecule has 2 aromatic rings. The first-order valence-electron chi connectivity index (χ1n) is 3.86. The Hall–Kier alpha value is -1.97. The van der Waals surface area contributed by atoms with E-state index in [1.807, 2.05) is 12.1 Å². The van der Waals surface area contributed by atoms with Crippen molar-refractivity contribution in [1.82, 2.24) is 15.0 Å². The van der Waals surface area contributed by atoms with Crippen molar-refractivity contribution in [1.29, 1.82) is 0 Å². The van der Waals surface area contributed by atoms with Crippen LogP contribution in [0.2, 0.25) is 0 Å². The van der Waals surface area contributed by atoms with Gasteiger partial charge in [-0.2, -0.15) is 0 Å². The Labute approximate surface area is 75.5 Å². The topological polar surface area (TPSA) is 64.7 Å². The van der Waals surface area contributed by atoms with E-state index in [1.54, 1.807) is 24.5 Å². The average Bonchev–Trinajstić information content (AvgIpc) is 2.19. The Balaban J connectivity index is 2.48. The molecule has 64 valence electrons. The van der Waals surface area contributed by atoms with Crippen molar-refractivity contribution in [3.05, 3.63) is 36.7 Å². The fourth-order valence-corrected chi connectivity index (χ4v) is 1.01. The van der Waals surface area contributed by atoms with E-state index in [9.17, 15) is 0 Å². The average molecular weight is 172 g/mol. The molecule has 4 nitrogen and oxygen atoms in total. The second-order valence-corrected chi connectivity index (χ2v) is 2.52. The normalized spacial score (nSPS) is 9.85. The molecule has 2 heterocycles. The molecule has 0 bridgehead atoms. The first kappa shape index (κ1) is 7.67. The summed E-state index contributed by atoms with van der Waals surface area (Å²) in [4.78, 5) is 12.2. The highest BCUT2D eigenvalue weighted by Gasteiger charge is 2.00. The summed E-state index contributed by atoms with van der Waals surface area (Å²) in [5, 5.41) is 0. The molecule has 0 spiro atoms. The zero-order valence-corrected chi connectivity index (χ0v) is 6.88. The number of hydrogen-bond acceptors (Lipinski definition) is 4. The molecule has 0 aliphatic carbocycles. The second kappa shape index (κ2) is 3.18. The van der Waals surface area contributed by atoms with E-state index in [0.29, 0.717) is 17.3 Å². The fraction of sp³-hybridized carbons (Fsp3) is 0. The molecule has 13 heavy (non-hydrogen) atoms. The van der Waals surface area contributed by atoms with Crippen LogP contribution in [-0.4, -0.2) is 15.0 Å². The Morgan fingerprint density at radius 3 is 2.46 bits per heavy atom. The Kier molecular flexibility index (Phi) is 1.88. The molecule has 0 atom stereocenters. The van der Waals surface area contributed by atoms with Gasteiger partial charge in [0.2, 0.25) is 0 Å². The SMILES string of the molecule is Nc1cccc(-c2ncccn2)n1. The molecule has 0 aliphatic rings. The molecular formula is C9H8N4. The highest BCUT2D eigenvalue weighted by molar-refractivity contribution is 5.51. The number of pyridine rings is 1. The van der Waals surface area contributed by atoms with Crippen LogP contribution < -0.4 is 5.73 Å². The predicted octanol–water partition coefficient (Wildman–Crippen LogP) is 1.12. The fourth-order valence-electron chi connectivity index (χ4n) is 1.01. The highest BCUT2D eigenvalue weighted by Crippen LogP contribution is 2.11. The molecule has 2 aromatic heterocycles. The van der Waals surface area contributed by atoms with Crippen molar-refractivity contribution in [2.24, 2.45) is 0 Å². The number of nitrogens with two attached hydrogens (primary N) is 1. The maximum Gasteiger partial charge on any atom is 0.178 e. The van der Waals surface area contributed by atoms with Crippen LogP contribution in [-0.2, 0) is 0 Å². The first-order chi connectivity index (χ1) is 6.36. The van der Waals surface area contributed by atoms with Crippen molar-refractivity contribution in [3.63, 3.8) is 0 Å². The van der Waals surface area contributed by atoms with Crippen molar-refractivity contribution >= 4 is 5.82 Å². The van der Waals surface area contributed by atoms with Gasteiger partial charge in [0.05, 0.1) is 0 Å². The van der Waals surface area contributed by atoms with Gasteiger partial charge in [-0.25, -0.2) is 15.0 Å². The van der Waals surface area contributed by atoms with Crippen LogP contribution in [0.5, 0.6) is 0 Å². The molecule has 0 saturated carbocycles. The van der Waals surface area contributed by atoms with Gasteiger partial charge in [0.1, 0.15) is 11.5 Å². The summed E-state index contributed by atoms with van der Waals surface area (Å²) in [5.74, 6) is 1.07. The van der Waals surface area contributed by atoms with Gasteiger partial charge < -0.3 is 5.73 Å². The molecule has 2 rings (SSSR count). The third kappa shape index (κ3) is 1.61. The summed E-state index contributed by atoms with van der Waals surface area (Å²) in [6, 6.07) is 7.14. The molecule has 0 radical (unpaired) electrons. The van der Waals surface area contributed by atoms with Gasteiger partial charge in [-0.1, -0.05) is 6.07 Å². The van der Waals surface area contributed by atoms with Crippen LogP contribution in [0.25, 0.3) is 11.5 Å². The minimum atomic E-state index is 0.477. The van der Waals surface area contributed by atoms with Gasteiger partial charge in [-0.15, -0.1) is 0 Å². The summed E-state index contributed by atoms with van der Waals surface area (Å²) < 4.78 is 0. The van der Waals surface area contributed by atoms with Gasteiger partial charge in [0.25, 0.3) is 0 Å². The third-order valence-electron chi connectivity index (χ3n) is 1.57. The molecule has 2 N–H and O–H groups in total. The van der Waals surface area contributed by atoms with Gasteiger partial charge in [-0.3, -0.25) is 0 Å². The molecule has 0 aromatic carbocycles. The number of rotatable bonds is 1. The predicted molar refractivity (Wildman–Crippen MR) is 49.7 cm³/mol. The van der Waals surface area contributed by atoms with Crippen LogP contribution in [0.15, 0.2) is 36.7 Å². The Morgan fingerprint density at radius 1 is 1.00 bits per heavy atom. The summed E-state index contributed by atoms with van der Waals surface area (Å²) in [7, 11) is 0. The maximum absolute atomic E-state index is 5.53. The monoisotopic (exact) mass is 172 g/mol. The number of anilines is 1. The number of aromatic nitrogens is 3.